The van der Waals surface area contributed by atoms with Gasteiger partial charge in [0.15, 0.2) is 3.01 Å². The minimum absolute atomic E-state index is 0.475. The summed E-state index contributed by atoms with van der Waals surface area (Å²) in [6, 6.07) is 8.59. The van der Waals surface area contributed by atoms with Crippen LogP contribution in [-0.2, 0) is 6.42 Å². The Morgan fingerprint density at radius 3 is 2.87 bits per heavy atom. The maximum atomic E-state index is 4.22. The van der Waals surface area contributed by atoms with Crippen LogP contribution in [0.1, 0.15) is 15.8 Å². The van der Waals surface area contributed by atoms with Crippen LogP contribution in [0.3, 0.4) is 0 Å². The first-order valence-electron chi connectivity index (χ1n) is 4.56. The molecule has 1 unspecified atom stereocenters. The van der Waals surface area contributed by atoms with Crippen LogP contribution in [0.15, 0.2) is 29.2 Å². The van der Waals surface area contributed by atoms with Gasteiger partial charge < -0.3 is 0 Å². The average molecular weight is 346 g/mol. The minimum atomic E-state index is 0.475. The molecular weight excluding hydrogens is 339 g/mol. The van der Waals surface area contributed by atoms with Gasteiger partial charge in [-0.15, -0.1) is 22.0 Å². The van der Waals surface area contributed by atoms with Crippen LogP contribution in [0.5, 0.6) is 0 Å². The summed E-state index contributed by atoms with van der Waals surface area (Å²) in [5.41, 5.74) is 1.44. The van der Waals surface area contributed by atoms with Crippen LogP contribution in [0.25, 0.3) is 0 Å². The molecule has 1 aromatic carbocycles. The molecule has 0 saturated carbocycles. The van der Waals surface area contributed by atoms with Crippen molar-refractivity contribution in [1.29, 1.82) is 0 Å². The summed E-state index contributed by atoms with van der Waals surface area (Å²) >= 11 is 5.83. The summed E-state index contributed by atoms with van der Waals surface area (Å²) in [7, 11) is 0. The molecule has 0 spiro atoms. The molecule has 2 nitrogen and oxygen atoms in total. The summed E-state index contributed by atoms with van der Waals surface area (Å²) in [6.45, 7) is 0. The quantitative estimate of drug-likeness (QED) is 0.739. The first kappa shape index (κ1) is 10.0. The molecule has 3 rings (SSSR count). The fraction of sp³-hybridized carbons (Fsp3) is 0.200. The van der Waals surface area contributed by atoms with E-state index in [1.54, 1.807) is 11.3 Å². The topological polar surface area (TPSA) is 25.8 Å². The average Bonchev–Trinajstić information content (AvgIpc) is 2.82. The Labute approximate surface area is 110 Å². The van der Waals surface area contributed by atoms with Crippen molar-refractivity contribution in [2.45, 2.75) is 16.6 Å². The van der Waals surface area contributed by atoms with Gasteiger partial charge in [0.2, 0.25) is 0 Å². The van der Waals surface area contributed by atoms with Gasteiger partial charge in [0, 0.05) is 4.90 Å². The summed E-state index contributed by atoms with van der Waals surface area (Å²) < 4.78 is 1.03. The van der Waals surface area contributed by atoms with E-state index in [2.05, 4.69) is 57.1 Å². The van der Waals surface area contributed by atoms with Crippen molar-refractivity contribution in [1.82, 2.24) is 10.2 Å². The molecule has 0 N–H and O–H groups in total. The Morgan fingerprint density at radius 1 is 1.27 bits per heavy atom. The molecule has 1 aromatic heterocycles. The van der Waals surface area contributed by atoms with Crippen molar-refractivity contribution in [2.75, 3.05) is 0 Å². The van der Waals surface area contributed by atoms with Crippen molar-refractivity contribution in [3.8, 4) is 0 Å². The summed E-state index contributed by atoms with van der Waals surface area (Å²) in [5.74, 6) is 0. The molecule has 1 aliphatic rings. The molecule has 5 heteroatoms. The lowest BCUT2D eigenvalue weighted by Crippen LogP contribution is -1.91. The predicted octanol–water partition coefficient (Wildman–Crippen LogP) is 3.53. The van der Waals surface area contributed by atoms with Gasteiger partial charge in [-0.05, 0) is 40.6 Å². The Balaban J connectivity index is 1.90. The fourth-order valence-electron chi connectivity index (χ4n) is 1.67. The standard InChI is InChI=1S/C10H7IN2S2/c11-10-13-12-9(15-10)8-5-6-3-1-2-4-7(6)14-8/h1-4,8H,5H2. The van der Waals surface area contributed by atoms with E-state index >= 15 is 0 Å². The first-order chi connectivity index (χ1) is 7.33. The largest absolute Gasteiger partial charge is 0.178 e. The smallest absolute Gasteiger partial charge is 0.141 e. The van der Waals surface area contributed by atoms with Crippen LogP contribution in [0, 0.1) is 3.01 Å². The molecular formula is C10H7IN2S2. The molecule has 2 aromatic rings. The summed E-state index contributed by atoms with van der Waals surface area (Å²) in [6.07, 6.45) is 1.09. The SMILES string of the molecule is Ic1nnc(C2Cc3ccccc3S2)s1. The number of hydrogen-bond donors (Lipinski definition) is 0. The zero-order chi connectivity index (χ0) is 10.3. The molecule has 1 aliphatic heterocycles. The number of rotatable bonds is 1. The van der Waals surface area contributed by atoms with Crippen molar-refractivity contribution < 1.29 is 0 Å². The molecule has 0 aliphatic carbocycles. The van der Waals surface area contributed by atoms with E-state index in [4.69, 9.17) is 0 Å². The van der Waals surface area contributed by atoms with Crippen molar-refractivity contribution in [2.24, 2.45) is 0 Å². The molecule has 0 bridgehead atoms. The van der Waals surface area contributed by atoms with Crippen LogP contribution < -0.4 is 0 Å². The lowest BCUT2D eigenvalue weighted by Gasteiger charge is -2.00. The maximum absolute atomic E-state index is 4.22. The van der Waals surface area contributed by atoms with Crippen LogP contribution >= 0.6 is 45.7 Å². The number of nitrogens with zero attached hydrogens (tertiary/aromatic N) is 2. The minimum Gasteiger partial charge on any atom is -0.141 e. The first-order valence-corrected chi connectivity index (χ1v) is 7.34. The predicted molar refractivity (Wildman–Crippen MR) is 71.4 cm³/mol. The highest BCUT2D eigenvalue weighted by Crippen LogP contribution is 2.46. The Morgan fingerprint density at radius 2 is 2.13 bits per heavy atom. The Bertz CT molecular complexity index is 473. The summed E-state index contributed by atoms with van der Waals surface area (Å²) in [4.78, 5) is 1.40. The van der Waals surface area contributed by atoms with Gasteiger partial charge in [-0.25, -0.2) is 0 Å². The monoisotopic (exact) mass is 346 g/mol. The highest BCUT2D eigenvalue weighted by atomic mass is 127. The van der Waals surface area contributed by atoms with Gasteiger partial charge in [0.05, 0.1) is 5.25 Å². The van der Waals surface area contributed by atoms with Crippen LogP contribution in [-0.4, -0.2) is 10.2 Å². The molecule has 1 atom stereocenters. The lowest BCUT2D eigenvalue weighted by molar-refractivity contribution is 0.893. The lowest BCUT2D eigenvalue weighted by atomic mass is 10.1. The number of benzene rings is 1. The number of hydrogen-bond acceptors (Lipinski definition) is 4. The highest BCUT2D eigenvalue weighted by Gasteiger charge is 2.26. The van der Waals surface area contributed by atoms with Crippen molar-refractivity contribution >= 4 is 45.7 Å². The fourth-order valence-corrected chi connectivity index (χ4v) is 4.47. The number of thioether (sulfide) groups is 1. The third kappa shape index (κ3) is 1.92. The zero-order valence-corrected chi connectivity index (χ0v) is 11.5. The second-order valence-corrected chi connectivity index (χ2v) is 7.32. The Kier molecular flexibility index (Phi) is 2.70. The molecule has 0 radical (unpaired) electrons. The molecule has 0 amide bonds. The van der Waals surface area contributed by atoms with E-state index in [0.29, 0.717) is 5.25 Å². The molecule has 0 saturated heterocycles. The van der Waals surface area contributed by atoms with E-state index in [1.165, 1.54) is 10.5 Å². The van der Waals surface area contributed by atoms with E-state index in [1.807, 2.05) is 11.8 Å². The number of fused-ring (bicyclic) bond motifs is 1. The number of halogens is 1. The molecule has 15 heavy (non-hydrogen) atoms. The third-order valence-electron chi connectivity index (χ3n) is 2.34. The highest BCUT2D eigenvalue weighted by molar-refractivity contribution is 14.1. The van der Waals surface area contributed by atoms with Crippen molar-refractivity contribution in [3.63, 3.8) is 0 Å². The maximum Gasteiger partial charge on any atom is 0.178 e. The van der Waals surface area contributed by atoms with E-state index in [0.717, 1.165) is 14.4 Å². The molecule has 2 heterocycles. The van der Waals surface area contributed by atoms with Gasteiger partial charge in [-0.3, -0.25) is 0 Å². The second-order valence-electron chi connectivity index (χ2n) is 3.31. The van der Waals surface area contributed by atoms with Crippen molar-refractivity contribution in [3.05, 3.63) is 37.9 Å². The van der Waals surface area contributed by atoms with E-state index < -0.39 is 0 Å². The van der Waals surface area contributed by atoms with E-state index in [9.17, 15) is 0 Å². The third-order valence-corrected chi connectivity index (χ3v) is 5.52. The molecule has 0 fully saturated rings. The Hall–Kier alpha value is -0.140. The van der Waals surface area contributed by atoms with Gasteiger partial charge in [-0.1, -0.05) is 29.5 Å². The van der Waals surface area contributed by atoms with Crippen LogP contribution in [0.2, 0.25) is 0 Å². The summed E-state index contributed by atoms with van der Waals surface area (Å²) in [5, 5.41) is 9.92. The van der Waals surface area contributed by atoms with Gasteiger partial charge in [0.25, 0.3) is 0 Å². The van der Waals surface area contributed by atoms with E-state index in [-0.39, 0.29) is 0 Å². The second kappa shape index (κ2) is 4.03. The normalized spacial score (nSPS) is 19.1. The van der Waals surface area contributed by atoms with Gasteiger partial charge >= 0.3 is 0 Å². The zero-order valence-electron chi connectivity index (χ0n) is 7.68. The van der Waals surface area contributed by atoms with Crippen LogP contribution in [0.4, 0.5) is 0 Å². The van der Waals surface area contributed by atoms with Gasteiger partial charge in [-0.2, -0.15) is 0 Å². The van der Waals surface area contributed by atoms with Gasteiger partial charge in [0.1, 0.15) is 5.01 Å². The molecule has 76 valence electrons. The number of aromatic nitrogens is 2.